The van der Waals surface area contributed by atoms with Crippen LogP contribution >= 0.6 is 0 Å². The van der Waals surface area contributed by atoms with E-state index in [4.69, 9.17) is 0 Å². The van der Waals surface area contributed by atoms with Crippen LogP contribution in [-0.2, 0) is 0 Å². The first-order chi connectivity index (χ1) is 5.90. The summed E-state index contributed by atoms with van der Waals surface area (Å²) in [7, 11) is 0. The predicted octanol–water partition coefficient (Wildman–Crippen LogP) is 2.44. The van der Waals surface area contributed by atoms with Gasteiger partial charge in [0, 0.05) is 12.6 Å². The molecule has 2 rings (SSSR count). The molecule has 2 aliphatic heterocycles. The molecule has 0 N–H and O–H groups in total. The van der Waals surface area contributed by atoms with E-state index in [0.717, 1.165) is 12.0 Å². The minimum absolute atomic E-state index is 0.958. The van der Waals surface area contributed by atoms with Crippen LogP contribution < -0.4 is 0 Å². The third kappa shape index (κ3) is 1.56. The smallest absolute Gasteiger partial charge is 0.00989 e. The lowest BCUT2D eigenvalue weighted by molar-refractivity contribution is 0.316. The summed E-state index contributed by atoms with van der Waals surface area (Å²) in [6.07, 6.45) is 9.02. The van der Waals surface area contributed by atoms with Crippen LogP contribution in [0.1, 0.15) is 32.1 Å². The Morgan fingerprint density at radius 2 is 2.42 bits per heavy atom. The quantitative estimate of drug-likeness (QED) is 0.581. The average molecular weight is 165 g/mol. The molecule has 2 heterocycles. The maximum absolute atomic E-state index is 3.78. The lowest BCUT2D eigenvalue weighted by Gasteiger charge is -2.12. The topological polar surface area (TPSA) is 3.24 Å². The van der Waals surface area contributed by atoms with E-state index in [1.807, 2.05) is 0 Å². The van der Waals surface area contributed by atoms with Gasteiger partial charge in [-0.05, 0) is 44.6 Å². The highest BCUT2D eigenvalue weighted by molar-refractivity contribution is 4.90. The van der Waals surface area contributed by atoms with Gasteiger partial charge in [0.25, 0.3) is 0 Å². The van der Waals surface area contributed by atoms with Crippen molar-refractivity contribution in [3.8, 4) is 0 Å². The van der Waals surface area contributed by atoms with Crippen LogP contribution in [0, 0.1) is 5.92 Å². The fourth-order valence-corrected chi connectivity index (χ4v) is 2.76. The Morgan fingerprint density at radius 3 is 3.17 bits per heavy atom. The summed E-state index contributed by atoms with van der Waals surface area (Å²) in [5, 5.41) is 0. The average Bonchev–Trinajstić information content (AvgIpc) is 2.58. The second-order valence-corrected chi connectivity index (χ2v) is 4.26. The van der Waals surface area contributed by atoms with E-state index in [1.54, 1.807) is 0 Å². The number of nitrogens with zero attached hydrogens (tertiary/aromatic N) is 1. The third-order valence-electron chi connectivity index (χ3n) is 3.38. The van der Waals surface area contributed by atoms with Crippen LogP contribution in [0.15, 0.2) is 12.7 Å². The summed E-state index contributed by atoms with van der Waals surface area (Å²) in [5.41, 5.74) is 0. The van der Waals surface area contributed by atoms with E-state index in [-0.39, 0.29) is 0 Å². The summed E-state index contributed by atoms with van der Waals surface area (Å²) in [6.45, 7) is 6.52. The monoisotopic (exact) mass is 165 g/mol. The maximum atomic E-state index is 3.78. The van der Waals surface area contributed by atoms with Gasteiger partial charge in [-0.15, -0.1) is 6.58 Å². The molecule has 0 aromatic carbocycles. The molecule has 68 valence electrons. The van der Waals surface area contributed by atoms with Crippen LogP contribution in [0.5, 0.6) is 0 Å². The van der Waals surface area contributed by atoms with Crippen molar-refractivity contribution >= 4 is 0 Å². The molecule has 0 bridgehead atoms. The van der Waals surface area contributed by atoms with E-state index in [0.29, 0.717) is 0 Å². The van der Waals surface area contributed by atoms with E-state index >= 15 is 0 Å². The van der Waals surface area contributed by atoms with Gasteiger partial charge in [0.1, 0.15) is 0 Å². The van der Waals surface area contributed by atoms with Gasteiger partial charge in [-0.1, -0.05) is 6.08 Å². The van der Waals surface area contributed by atoms with Crippen LogP contribution in [0.3, 0.4) is 0 Å². The van der Waals surface area contributed by atoms with Gasteiger partial charge in [-0.3, -0.25) is 0 Å². The molecule has 2 atom stereocenters. The number of rotatable bonds is 3. The first-order valence-corrected chi connectivity index (χ1v) is 5.25. The Morgan fingerprint density at radius 1 is 1.50 bits per heavy atom. The molecule has 0 aromatic heterocycles. The molecule has 12 heavy (non-hydrogen) atoms. The van der Waals surface area contributed by atoms with Crippen molar-refractivity contribution in [1.29, 1.82) is 0 Å². The van der Waals surface area contributed by atoms with Crippen LogP contribution in [-0.4, -0.2) is 24.0 Å². The fraction of sp³-hybridized carbons (Fsp3) is 0.818. The molecule has 0 unspecified atom stereocenters. The van der Waals surface area contributed by atoms with Crippen molar-refractivity contribution in [1.82, 2.24) is 4.90 Å². The van der Waals surface area contributed by atoms with E-state index < -0.39 is 0 Å². The van der Waals surface area contributed by atoms with Crippen molar-refractivity contribution in [3.05, 3.63) is 12.7 Å². The molecule has 0 aromatic rings. The minimum atomic E-state index is 0.958. The van der Waals surface area contributed by atoms with Crippen molar-refractivity contribution < 1.29 is 0 Å². The Bertz CT molecular complexity index is 152. The van der Waals surface area contributed by atoms with Crippen LogP contribution in [0.2, 0.25) is 0 Å². The minimum Gasteiger partial charge on any atom is -0.300 e. The lowest BCUT2D eigenvalue weighted by atomic mass is 9.98. The maximum Gasteiger partial charge on any atom is 0.00989 e. The van der Waals surface area contributed by atoms with Gasteiger partial charge >= 0.3 is 0 Å². The Hall–Kier alpha value is -0.300. The number of hydrogen-bond donors (Lipinski definition) is 0. The van der Waals surface area contributed by atoms with Crippen LogP contribution in [0.4, 0.5) is 0 Å². The largest absolute Gasteiger partial charge is 0.300 e. The van der Waals surface area contributed by atoms with E-state index in [1.165, 1.54) is 45.2 Å². The molecular formula is C11H19N. The summed E-state index contributed by atoms with van der Waals surface area (Å²) in [6, 6.07) is 0.958. The molecule has 2 fully saturated rings. The molecule has 0 amide bonds. The first-order valence-electron chi connectivity index (χ1n) is 5.25. The van der Waals surface area contributed by atoms with Crippen molar-refractivity contribution in [3.63, 3.8) is 0 Å². The number of hydrogen-bond acceptors (Lipinski definition) is 1. The standard InChI is InChI=1S/C11H19N/c1-2-3-5-10-8-11-6-4-7-12(11)9-10/h2,10-11H,1,3-9H2/t10-,11+/m1/s1. The summed E-state index contributed by atoms with van der Waals surface area (Å²) < 4.78 is 0. The number of allylic oxidation sites excluding steroid dienone is 1. The van der Waals surface area contributed by atoms with Crippen molar-refractivity contribution in [2.24, 2.45) is 5.92 Å². The summed E-state index contributed by atoms with van der Waals surface area (Å²) >= 11 is 0. The second-order valence-electron chi connectivity index (χ2n) is 4.26. The van der Waals surface area contributed by atoms with Gasteiger partial charge in [0.2, 0.25) is 0 Å². The molecule has 0 spiro atoms. The van der Waals surface area contributed by atoms with Gasteiger partial charge in [0.05, 0.1) is 0 Å². The molecule has 2 saturated heterocycles. The Balaban J connectivity index is 1.78. The molecule has 0 saturated carbocycles. The molecular weight excluding hydrogens is 146 g/mol. The van der Waals surface area contributed by atoms with E-state index in [2.05, 4.69) is 17.6 Å². The highest BCUT2D eigenvalue weighted by atomic mass is 15.2. The lowest BCUT2D eigenvalue weighted by Crippen LogP contribution is -2.22. The summed E-state index contributed by atoms with van der Waals surface area (Å²) in [5.74, 6) is 0.980. The van der Waals surface area contributed by atoms with Gasteiger partial charge in [-0.2, -0.15) is 0 Å². The van der Waals surface area contributed by atoms with Crippen molar-refractivity contribution in [2.75, 3.05) is 13.1 Å². The zero-order valence-electron chi connectivity index (χ0n) is 7.84. The molecule has 1 nitrogen and oxygen atoms in total. The zero-order valence-corrected chi connectivity index (χ0v) is 7.84. The van der Waals surface area contributed by atoms with Gasteiger partial charge < -0.3 is 4.90 Å². The highest BCUT2D eigenvalue weighted by Gasteiger charge is 2.34. The van der Waals surface area contributed by atoms with Crippen LogP contribution in [0.25, 0.3) is 0 Å². The fourth-order valence-electron chi connectivity index (χ4n) is 2.76. The first kappa shape index (κ1) is 8.31. The van der Waals surface area contributed by atoms with Gasteiger partial charge in [0.15, 0.2) is 0 Å². The van der Waals surface area contributed by atoms with Crippen molar-refractivity contribution in [2.45, 2.75) is 38.1 Å². The SMILES string of the molecule is C=CCC[C@@H]1C[C@@H]2CCCN2C1. The molecule has 0 radical (unpaired) electrons. The molecule has 0 aliphatic carbocycles. The normalized spacial score (nSPS) is 35.3. The third-order valence-corrected chi connectivity index (χ3v) is 3.38. The summed E-state index contributed by atoms with van der Waals surface area (Å²) in [4.78, 5) is 2.69. The Kier molecular flexibility index (Phi) is 2.50. The van der Waals surface area contributed by atoms with E-state index in [9.17, 15) is 0 Å². The zero-order chi connectivity index (χ0) is 8.39. The predicted molar refractivity (Wildman–Crippen MR) is 52.1 cm³/mol. The number of fused-ring (bicyclic) bond motifs is 1. The van der Waals surface area contributed by atoms with Gasteiger partial charge in [-0.25, -0.2) is 0 Å². The molecule has 2 aliphatic rings. The Labute approximate surface area is 75.4 Å². The molecule has 1 heteroatoms. The second kappa shape index (κ2) is 3.61. The highest BCUT2D eigenvalue weighted by Crippen LogP contribution is 2.33.